The van der Waals surface area contributed by atoms with Gasteiger partial charge in [0.05, 0.1) is 25.2 Å². The topological polar surface area (TPSA) is 114 Å². The first-order valence-electron chi connectivity index (χ1n) is 9.85. The van der Waals surface area contributed by atoms with E-state index < -0.39 is 22.4 Å². The summed E-state index contributed by atoms with van der Waals surface area (Å²) in [5.41, 5.74) is 7.17. The molecule has 0 aliphatic carbocycles. The Hall–Kier alpha value is 0.300. The summed E-state index contributed by atoms with van der Waals surface area (Å²) < 4.78 is 38.4. The summed E-state index contributed by atoms with van der Waals surface area (Å²) in [6.07, 6.45) is 14.2. The number of carbonyl (C=O) groups is 1. The molecule has 0 saturated heterocycles. The van der Waals surface area contributed by atoms with Crippen molar-refractivity contribution in [2.45, 2.75) is 96.5 Å². The number of amides is 1. The van der Waals surface area contributed by atoms with E-state index in [1.165, 1.54) is 57.8 Å². The normalized spacial score (nSPS) is 12.5. The number of unbranched alkanes of at least 4 members (excludes halogenated alkanes) is 11. The standard InChI is InChI=1S/C18H37NO6S.Na/c1-2-3-4-5-6-7-8-9-10-11-12-13-14-17(18(19)20)24-15-16-25-26(21,22)23;/h17H,2-16H2,1H3,(H3,19,20,21,22,23);/q;+1/p-1. The van der Waals surface area contributed by atoms with Crippen LogP contribution in [0.2, 0.25) is 0 Å². The zero-order valence-electron chi connectivity index (χ0n) is 17.1. The predicted molar refractivity (Wildman–Crippen MR) is 102 cm³/mol. The Morgan fingerprint density at radius 2 is 1.33 bits per heavy atom. The van der Waals surface area contributed by atoms with E-state index in [9.17, 15) is 13.2 Å². The molecule has 0 saturated carbocycles. The summed E-state index contributed by atoms with van der Waals surface area (Å²) in [5, 5.41) is 0. The molecule has 7 nitrogen and oxygen atoms in total. The molecule has 0 rings (SSSR count). The second-order valence-electron chi connectivity index (χ2n) is 6.65. The maximum absolute atomic E-state index is 11.2. The third-order valence-electron chi connectivity index (χ3n) is 4.25. The number of ether oxygens (including phenoxy) is 1. The second-order valence-corrected chi connectivity index (χ2v) is 7.74. The van der Waals surface area contributed by atoms with Crippen molar-refractivity contribution >= 4 is 16.3 Å². The molecule has 0 heterocycles. The zero-order chi connectivity index (χ0) is 19.7. The minimum absolute atomic E-state index is 0. The van der Waals surface area contributed by atoms with E-state index in [0.29, 0.717) is 6.42 Å². The van der Waals surface area contributed by atoms with Crippen molar-refractivity contribution in [3.63, 3.8) is 0 Å². The minimum atomic E-state index is -4.49. The van der Waals surface area contributed by atoms with E-state index in [2.05, 4.69) is 11.1 Å². The molecule has 1 atom stereocenters. The van der Waals surface area contributed by atoms with E-state index in [1.807, 2.05) is 0 Å². The fourth-order valence-electron chi connectivity index (χ4n) is 2.79. The first-order chi connectivity index (χ1) is 12.4. The van der Waals surface area contributed by atoms with Crippen molar-refractivity contribution < 1.29 is 56.2 Å². The zero-order valence-corrected chi connectivity index (χ0v) is 19.9. The molecule has 0 fully saturated rings. The Labute approximate surface area is 187 Å². The molecule has 0 aromatic rings. The molecule has 156 valence electrons. The van der Waals surface area contributed by atoms with Crippen LogP contribution in [0.15, 0.2) is 0 Å². The Bertz CT molecular complexity index is 447. The molecule has 0 bridgehead atoms. The number of nitrogens with one attached hydrogen (secondary N) is 1. The maximum atomic E-state index is 11.2. The fourth-order valence-corrected chi connectivity index (χ4v) is 3.07. The van der Waals surface area contributed by atoms with Gasteiger partial charge in [-0.15, -0.1) is 0 Å². The van der Waals surface area contributed by atoms with E-state index in [4.69, 9.17) is 15.0 Å². The smallest absolute Gasteiger partial charge is 0.666 e. The number of rotatable bonds is 19. The molecule has 0 spiro atoms. The monoisotopic (exact) mass is 417 g/mol. The average molecular weight is 418 g/mol. The molecule has 1 amide bonds. The van der Waals surface area contributed by atoms with Crippen LogP contribution in [0.3, 0.4) is 0 Å². The molecule has 0 aliphatic rings. The maximum Gasteiger partial charge on any atom is 1.00 e. The molecule has 0 aliphatic heterocycles. The Kier molecular flexibility index (Phi) is 21.4. The second kappa shape index (κ2) is 19.6. The van der Waals surface area contributed by atoms with Gasteiger partial charge >= 0.3 is 40.0 Å². The van der Waals surface area contributed by atoms with Gasteiger partial charge in [-0.2, -0.15) is 8.42 Å². The SMILES string of the molecule is CCCCCCCCCCCCCCC(OCCOS(=O)(=O)O)C([NH-])=O.[Na+]. The quantitative estimate of drug-likeness (QED) is 0.195. The van der Waals surface area contributed by atoms with Crippen molar-refractivity contribution in [2.24, 2.45) is 0 Å². The summed E-state index contributed by atoms with van der Waals surface area (Å²) in [6.45, 7) is 1.70. The van der Waals surface area contributed by atoms with Crippen LogP contribution in [0.1, 0.15) is 90.4 Å². The molecular weight excluding hydrogens is 381 g/mol. The van der Waals surface area contributed by atoms with Gasteiger partial charge in [-0.1, -0.05) is 84.0 Å². The van der Waals surface area contributed by atoms with Crippen LogP contribution in [0, 0.1) is 0 Å². The summed E-state index contributed by atoms with van der Waals surface area (Å²) in [4.78, 5) is 11.2. The van der Waals surface area contributed by atoms with Crippen LogP contribution in [-0.4, -0.2) is 38.2 Å². The van der Waals surface area contributed by atoms with Crippen LogP contribution >= 0.6 is 0 Å². The molecule has 1 unspecified atom stereocenters. The van der Waals surface area contributed by atoms with Crippen molar-refractivity contribution in [1.29, 1.82) is 0 Å². The van der Waals surface area contributed by atoms with E-state index in [0.717, 1.165) is 19.3 Å². The number of hydrogen-bond acceptors (Lipinski definition) is 5. The van der Waals surface area contributed by atoms with E-state index in [1.54, 1.807) is 0 Å². The van der Waals surface area contributed by atoms with Crippen LogP contribution in [0.25, 0.3) is 5.73 Å². The van der Waals surface area contributed by atoms with Crippen molar-refractivity contribution in [3.05, 3.63) is 5.73 Å². The van der Waals surface area contributed by atoms with Gasteiger partial charge in [0.15, 0.2) is 0 Å². The van der Waals surface area contributed by atoms with Gasteiger partial charge in [0.25, 0.3) is 0 Å². The van der Waals surface area contributed by atoms with Crippen LogP contribution in [-0.2, 0) is 24.1 Å². The van der Waals surface area contributed by atoms with Crippen LogP contribution < -0.4 is 29.6 Å². The molecule has 0 aromatic carbocycles. The first kappa shape index (κ1) is 29.5. The predicted octanol–water partition coefficient (Wildman–Crippen LogP) is 1.87. The van der Waals surface area contributed by atoms with Gasteiger partial charge in [-0.05, 0) is 6.42 Å². The summed E-state index contributed by atoms with van der Waals surface area (Å²) >= 11 is 0. The van der Waals surface area contributed by atoms with Gasteiger partial charge in [0, 0.05) is 0 Å². The van der Waals surface area contributed by atoms with Gasteiger partial charge in [0.1, 0.15) is 0 Å². The molecule has 2 N–H and O–H groups in total. The molecule has 0 radical (unpaired) electrons. The van der Waals surface area contributed by atoms with Crippen molar-refractivity contribution in [1.82, 2.24) is 0 Å². The van der Waals surface area contributed by atoms with Crippen LogP contribution in [0.5, 0.6) is 0 Å². The molecule has 0 aromatic heterocycles. The summed E-state index contributed by atoms with van der Waals surface area (Å²) in [6, 6.07) is 0. The minimum Gasteiger partial charge on any atom is -0.666 e. The van der Waals surface area contributed by atoms with Gasteiger partial charge < -0.3 is 15.3 Å². The molecular formula is C18H36NNaO6S. The summed E-state index contributed by atoms with van der Waals surface area (Å²) in [7, 11) is -4.49. The van der Waals surface area contributed by atoms with E-state index in [-0.39, 0.29) is 42.8 Å². The number of carbonyl (C=O) groups excluding carboxylic acids is 1. The van der Waals surface area contributed by atoms with Crippen molar-refractivity contribution in [3.8, 4) is 0 Å². The van der Waals surface area contributed by atoms with Crippen LogP contribution in [0.4, 0.5) is 0 Å². The Balaban J connectivity index is 0. The van der Waals surface area contributed by atoms with Gasteiger partial charge in [-0.3, -0.25) is 4.55 Å². The summed E-state index contributed by atoms with van der Waals surface area (Å²) in [5.74, 6) is -0.820. The Morgan fingerprint density at radius 1 is 0.889 bits per heavy atom. The molecule has 27 heavy (non-hydrogen) atoms. The Morgan fingerprint density at radius 3 is 1.74 bits per heavy atom. The first-order valence-corrected chi connectivity index (χ1v) is 11.2. The third-order valence-corrected chi connectivity index (χ3v) is 4.71. The van der Waals surface area contributed by atoms with Gasteiger partial charge in [-0.25, -0.2) is 4.18 Å². The third kappa shape index (κ3) is 22.5. The number of hydrogen-bond donors (Lipinski definition) is 1. The van der Waals surface area contributed by atoms with Crippen molar-refractivity contribution in [2.75, 3.05) is 13.2 Å². The molecule has 9 heteroatoms. The average Bonchev–Trinajstić information content (AvgIpc) is 2.56. The fraction of sp³-hybridized carbons (Fsp3) is 0.944. The van der Waals surface area contributed by atoms with E-state index >= 15 is 0 Å². The largest absolute Gasteiger partial charge is 1.00 e. The van der Waals surface area contributed by atoms with Gasteiger partial charge in [0.2, 0.25) is 0 Å².